The van der Waals surface area contributed by atoms with Gasteiger partial charge in [0.15, 0.2) is 0 Å². The van der Waals surface area contributed by atoms with Crippen molar-refractivity contribution in [1.82, 2.24) is 10.2 Å². The average Bonchev–Trinajstić information content (AvgIpc) is 3.28. The van der Waals surface area contributed by atoms with Gasteiger partial charge in [-0.15, -0.1) is 0 Å². The summed E-state index contributed by atoms with van der Waals surface area (Å²) in [5.41, 5.74) is 4.69. The first-order valence-corrected chi connectivity index (χ1v) is 9.49. The van der Waals surface area contributed by atoms with Crippen molar-refractivity contribution in [3.05, 3.63) is 90.5 Å². The third-order valence-electron chi connectivity index (χ3n) is 4.49. The quantitative estimate of drug-likeness (QED) is 0.461. The number of ether oxygens (including phenoxy) is 2. The van der Waals surface area contributed by atoms with Gasteiger partial charge < -0.3 is 14.6 Å². The lowest BCUT2D eigenvalue weighted by Gasteiger charge is -2.13. The van der Waals surface area contributed by atoms with Gasteiger partial charge in [-0.3, -0.25) is 5.10 Å². The van der Waals surface area contributed by atoms with Crippen LogP contribution in [-0.4, -0.2) is 28.5 Å². The van der Waals surface area contributed by atoms with E-state index in [0.29, 0.717) is 18.1 Å². The monoisotopic (exact) mass is 386 g/mol. The number of aromatic amines is 1. The summed E-state index contributed by atoms with van der Waals surface area (Å²) in [5.74, 6) is 1.33. The fourth-order valence-electron chi connectivity index (χ4n) is 3.05. The molecule has 0 saturated carbocycles. The van der Waals surface area contributed by atoms with Crippen LogP contribution in [0.3, 0.4) is 0 Å². The van der Waals surface area contributed by atoms with Crippen LogP contribution in [0.4, 0.5) is 0 Å². The molecule has 0 bridgehead atoms. The second kappa shape index (κ2) is 9.08. The molecule has 146 valence electrons. The van der Waals surface area contributed by atoms with Gasteiger partial charge in [-0.2, -0.15) is 5.10 Å². The lowest BCUT2D eigenvalue weighted by atomic mass is 10.1. The molecule has 5 heteroatoms. The lowest BCUT2D eigenvalue weighted by molar-refractivity contribution is 0.201. The van der Waals surface area contributed by atoms with E-state index in [1.165, 1.54) is 0 Å². The molecule has 1 aromatic heterocycles. The Morgan fingerprint density at radius 2 is 1.59 bits per heavy atom. The molecule has 2 N–H and O–H groups in total. The van der Waals surface area contributed by atoms with Crippen molar-refractivity contribution in [2.75, 3.05) is 13.2 Å². The number of aliphatic hydroxyl groups excluding tert-OH is 1. The number of benzene rings is 3. The summed E-state index contributed by atoms with van der Waals surface area (Å²) in [6, 6.07) is 27.7. The number of rotatable bonds is 8. The number of nitrogens with zero attached hydrogens (tertiary/aromatic N) is 1. The van der Waals surface area contributed by atoms with Crippen LogP contribution in [-0.2, 0) is 6.61 Å². The zero-order valence-electron chi connectivity index (χ0n) is 15.9. The Labute approximate surface area is 169 Å². The highest BCUT2D eigenvalue weighted by atomic mass is 16.5. The topological polar surface area (TPSA) is 67.4 Å². The van der Waals surface area contributed by atoms with Gasteiger partial charge in [0.1, 0.15) is 24.7 Å². The van der Waals surface area contributed by atoms with Crippen LogP contribution in [0.1, 0.15) is 5.56 Å². The predicted octanol–water partition coefficient (Wildman–Crippen LogP) is 4.69. The number of aliphatic hydroxyl groups is 1. The molecule has 5 nitrogen and oxygen atoms in total. The van der Waals surface area contributed by atoms with E-state index in [9.17, 15) is 5.11 Å². The SMILES string of the molecule is OCCOc1cc(OCc2ccccc2)ccc1-c1cc(-c2ccccc2)n[nH]1. The molecule has 0 spiro atoms. The van der Waals surface area contributed by atoms with Crippen LogP contribution in [0.15, 0.2) is 84.9 Å². The molecule has 0 atom stereocenters. The van der Waals surface area contributed by atoms with Crippen molar-refractivity contribution in [2.45, 2.75) is 6.61 Å². The van der Waals surface area contributed by atoms with E-state index >= 15 is 0 Å². The molecule has 0 aliphatic rings. The van der Waals surface area contributed by atoms with Crippen molar-refractivity contribution < 1.29 is 14.6 Å². The second-order valence-corrected chi connectivity index (χ2v) is 6.54. The Bertz CT molecular complexity index is 1050. The van der Waals surface area contributed by atoms with Gasteiger partial charge in [0.05, 0.1) is 18.0 Å². The largest absolute Gasteiger partial charge is 0.490 e. The molecule has 1 heterocycles. The number of nitrogens with one attached hydrogen (secondary N) is 1. The number of hydrogen-bond donors (Lipinski definition) is 2. The van der Waals surface area contributed by atoms with Crippen molar-refractivity contribution in [1.29, 1.82) is 0 Å². The zero-order chi connectivity index (χ0) is 19.9. The van der Waals surface area contributed by atoms with E-state index in [4.69, 9.17) is 9.47 Å². The minimum Gasteiger partial charge on any atom is -0.490 e. The fraction of sp³-hybridized carbons (Fsp3) is 0.125. The molecule has 29 heavy (non-hydrogen) atoms. The normalized spacial score (nSPS) is 10.7. The van der Waals surface area contributed by atoms with Gasteiger partial charge in [0.2, 0.25) is 0 Å². The molecule has 0 radical (unpaired) electrons. The van der Waals surface area contributed by atoms with Gasteiger partial charge in [0.25, 0.3) is 0 Å². The van der Waals surface area contributed by atoms with Gasteiger partial charge >= 0.3 is 0 Å². The molecule has 3 aromatic carbocycles. The van der Waals surface area contributed by atoms with Crippen LogP contribution >= 0.6 is 0 Å². The van der Waals surface area contributed by atoms with E-state index in [2.05, 4.69) is 10.2 Å². The summed E-state index contributed by atoms with van der Waals surface area (Å²) in [5, 5.41) is 16.7. The highest BCUT2D eigenvalue weighted by molar-refractivity contribution is 5.73. The molecule has 0 aliphatic carbocycles. The molecule has 0 amide bonds. The van der Waals surface area contributed by atoms with Crippen molar-refractivity contribution >= 4 is 0 Å². The van der Waals surface area contributed by atoms with E-state index in [1.807, 2.05) is 84.9 Å². The third-order valence-corrected chi connectivity index (χ3v) is 4.49. The zero-order valence-corrected chi connectivity index (χ0v) is 15.9. The third kappa shape index (κ3) is 4.65. The molecule has 0 saturated heterocycles. The summed E-state index contributed by atoms with van der Waals surface area (Å²) >= 11 is 0. The molecule has 0 aliphatic heterocycles. The van der Waals surface area contributed by atoms with Gasteiger partial charge in [0, 0.05) is 17.2 Å². The highest BCUT2D eigenvalue weighted by Gasteiger charge is 2.12. The molecular formula is C24H22N2O3. The van der Waals surface area contributed by atoms with E-state index in [1.54, 1.807) is 0 Å². The van der Waals surface area contributed by atoms with Gasteiger partial charge in [-0.1, -0.05) is 60.7 Å². The summed E-state index contributed by atoms with van der Waals surface area (Å²) < 4.78 is 11.7. The fourth-order valence-corrected chi connectivity index (χ4v) is 3.05. The standard InChI is InChI=1S/C24H22N2O3/c27-13-14-28-24-15-20(29-17-18-7-3-1-4-8-18)11-12-21(24)23-16-22(25-26-23)19-9-5-2-6-10-19/h1-12,15-16,27H,13-14,17H2,(H,25,26). The minimum atomic E-state index is -0.0627. The van der Waals surface area contributed by atoms with Crippen LogP contribution in [0.2, 0.25) is 0 Å². The summed E-state index contributed by atoms with van der Waals surface area (Å²) in [6.07, 6.45) is 0. The summed E-state index contributed by atoms with van der Waals surface area (Å²) in [4.78, 5) is 0. The molecular weight excluding hydrogens is 364 g/mol. The molecule has 4 rings (SSSR count). The Kier molecular flexibility index (Phi) is 5.88. The molecule has 0 fully saturated rings. The van der Waals surface area contributed by atoms with Gasteiger partial charge in [-0.25, -0.2) is 0 Å². The van der Waals surface area contributed by atoms with Crippen molar-refractivity contribution in [3.8, 4) is 34.0 Å². The minimum absolute atomic E-state index is 0.0627. The Hall–Kier alpha value is -3.57. The molecule has 0 unspecified atom stereocenters. The van der Waals surface area contributed by atoms with Crippen LogP contribution < -0.4 is 9.47 Å². The first kappa shape index (κ1) is 18.8. The van der Waals surface area contributed by atoms with Crippen LogP contribution in [0.5, 0.6) is 11.5 Å². The maximum absolute atomic E-state index is 9.19. The average molecular weight is 386 g/mol. The smallest absolute Gasteiger partial charge is 0.132 e. The van der Waals surface area contributed by atoms with E-state index in [-0.39, 0.29) is 13.2 Å². The first-order chi connectivity index (χ1) is 14.3. The Balaban J connectivity index is 1.58. The van der Waals surface area contributed by atoms with Crippen LogP contribution in [0, 0.1) is 0 Å². The Morgan fingerprint density at radius 3 is 2.34 bits per heavy atom. The summed E-state index contributed by atoms with van der Waals surface area (Å²) in [7, 11) is 0. The predicted molar refractivity (Wildman–Crippen MR) is 113 cm³/mol. The first-order valence-electron chi connectivity index (χ1n) is 9.49. The summed E-state index contributed by atoms with van der Waals surface area (Å²) in [6.45, 7) is 0.615. The van der Waals surface area contributed by atoms with E-state index in [0.717, 1.165) is 28.1 Å². The Morgan fingerprint density at radius 1 is 0.828 bits per heavy atom. The van der Waals surface area contributed by atoms with Crippen molar-refractivity contribution in [3.63, 3.8) is 0 Å². The second-order valence-electron chi connectivity index (χ2n) is 6.54. The maximum atomic E-state index is 9.19. The number of aromatic nitrogens is 2. The maximum Gasteiger partial charge on any atom is 0.132 e. The molecule has 4 aromatic rings. The van der Waals surface area contributed by atoms with E-state index < -0.39 is 0 Å². The van der Waals surface area contributed by atoms with Gasteiger partial charge in [-0.05, 0) is 23.8 Å². The van der Waals surface area contributed by atoms with Crippen molar-refractivity contribution in [2.24, 2.45) is 0 Å². The highest BCUT2D eigenvalue weighted by Crippen LogP contribution is 2.34. The number of H-pyrrole nitrogens is 1. The van der Waals surface area contributed by atoms with Crippen LogP contribution in [0.25, 0.3) is 22.5 Å². The number of hydrogen-bond acceptors (Lipinski definition) is 4. The lowest BCUT2D eigenvalue weighted by Crippen LogP contribution is -2.03.